The first-order chi connectivity index (χ1) is 11.2. The summed E-state index contributed by atoms with van der Waals surface area (Å²) in [4.78, 5) is -0.170. The van der Waals surface area contributed by atoms with Crippen LogP contribution in [0.5, 0.6) is 0 Å². The van der Waals surface area contributed by atoms with Crippen LogP contribution in [0.4, 0.5) is 4.39 Å². The maximum absolute atomic E-state index is 13.1. The summed E-state index contributed by atoms with van der Waals surface area (Å²) >= 11 is 0. The second-order valence-corrected chi connectivity index (χ2v) is 8.76. The standard InChI is InChI=1S/C15H17FN2O4S2/c1-17-23(19,20)11-13-5-2-4-12(8-13)10-18-24(21,22)15-7-3-6-14(16)9-15/h2-9,17-18H,10-11H2,1H3. The maximum atomic E-state index is 13.1. The van der Waals surface area contributed by atoms with Gasteiger partial charge in [0, 0.05) is 6.54 Å². The topological polar surface area (TPSA) is 92.3 Å². The van der Waals surface area contributed by atoms with Gasteiger partial charge in [0.1, 0.15) is 5.82 Å². The molecule has 2 rings (SSSR count). The van der Waals surface area contributed by atoms with Crippen molar-refractivity contribution in [3.8, 4) is 0 Å². The van der Waals surface area contributed by atoms with Crippen molar-refractivity contribution in [3.63, 3.8) is 0 Å². The molecule has 0 aliphatic carbocycles. The predicted octanol–water partition coefficient (Wildman–Crippen LogP) is 1.35. The number of halogens is 1. The lowest BCUT2D eigenvalue weighted by atomic mass is 10.1. The van der Waals surface area contributed by atoms with Gasteiger partial charge >= 0.3 is 0 Å². The van der Waals surface area contributed by atoms with E-state index in [4.69, 9.17) is 0 Å². The smallest absolute Gasteiger partial charge is 0.218 e. The highest BCUT2D eigenvalue weighted by atomic mass is 32.2. The minimum absolute atomic E-state index is 0.0354. The number of rotatable bonds is 7. The van der Waals surface area contributed by atoms with Crippen LogP contribution in [0.1, 0.15) is 11.1 Å². The molecule has 0 fully saturated rings. The van der Waals surface area contributed by atoms with E-state index >= 15 is 0 Å². The van der Waals surface area contributed by atoms with Crippen LogP contribution in [0, 0.1) is 5.82 Å². The van der Waals surface area contributed by atoms with Gasteiger partial charge in [0.2, 0.25) is 20.0 Å². The van der Waals surface area contributed by atoms with Crippen molar-refractivity contribution in [1.82, 2.24) is 9.44 Å². The van der Waals surface area contributed by atoms with E-state index in [1.165, 1.54) is 19.2 Å². The van der Waals surface area contributed by atoms with Gasteiger partial charge < -0.3 is 0 Å². The molecule has 2 aromatic carbocycles. The Bertz CT molecular complexity index is 928. The van der Waals surface area contributed by atoms with E-state index < -0.39 is 25.9 Å². The number of nitrogens with one attached hydrogen (secondary N) is 2. The molecule has 0 unspecified atom stereocenters. The van der Waals surface area contributed by atoms with E-state index in [9.17, 15) is 21.2 Å². The van der Waals surface area contributed by atoms with Crippen LogP contribution in [0.15, 0.2) is 53.4 Å². The van der Waals surface area contributed by atoms with Crippen molar-refractivity contribution in [2.24, 2.45) is 0 Å². The Kier molecular flexibility index (Phi) is 5.70. The van der Waals surface area contributed by atoms with Crippen LogP contribution < -0.4 is 9.44 Å². The fourth-order valence-electron chi connectivity index (χ4n) is 2.02. The molecule has 0 saturated heterocycles. The Hall–Kier alpha value is -1.81. The average Bonchev–Trinajstić information content (AvgIpc) is 2.53. The highest BCUT2D eigenvalue weighted by Gasteiger charge is 2.15. The van der Waals surface area contributed by atoms with E-state index in [0.29, 0.717) is 11.1 Å². The van der Waals surface area contributed by atoms with Crippen LogP contribution in [-0.2, 0) is 32.3 Å². The highest BCUT2D eigenvalue weighted by molar-refractivity contribution is 7.89. The lowest BCUT2D eigenvalue weighted by Gasteiger charge is -2.09. The zero-order chi connectivity index (χ0) is 17.8. The molecule has 0 bridgehead atoms. The zero-order valence-corrected chi connectivity index (χ0v) is 14.5. The van der Waals surface area contributed by atoms with E-state index in [-0.39, 0.29) is 17.2 Å². The van der Waals surface area contributed by atoms with Crippen LogP contribution in [0.2, 0.25) is 0 Å². The number of sulfonamides is 2. The van der Waals surface area contributed by atoms with Gasteiger partial charge in [-0.3, -0.25) is 0 Å². The molecular weight excluding hydrogens is 355 g/mol. The lowest BCUT2D eigenvalue weighted by molar-refractivity contribution is 0.577. The molecule has 0 aliphatic rings. The fraction of sp³-hybridized carbons (Fsp3) is 0.200. The highest BCUT2D eigenvalue weighted by Crippen LogP contribution is 2.13. The van der Waals surface area contributed by atoms with E-state index in [0.717, 1.165) is 12.1 Å². The predicted molar refractivity (Wildman–Crippen MR) is 88.6 cm³/mol. The number of hydrogen-bond donors (Lipinski definition) is 2. The van der Waals surface area contributed by atoms with E-state index in [1.54, 1.807) is 24.3 Å². The molecule has 0 amide bonds. The normalized spacial score (nSPS) is 12.2. The first-order valence-corrected chi connectivity index (χ1v) is 10.1. The molecule has 0 spiro atoms. The second kappa shape index (κ2) is 7.39. The largest absolute Gasteiger partial charge is 0.240 e. The Labute approximate surface area is 140 Å². The minimum Gasteiger partial charge on any atom is -0.218 e. The van der Waals surface area contributed by atoms with Crippen molar-refractivity contribution in [2.75, 3.05) is 7.05 Å². The second-order valence-electron chi connectivity index (χ2n) is 5.07. The van der Waals surface area contributed by atoms with Crippen molar-refractivity contribution >= 4 is 20.0 Å². The summed E-state index contributed by atoms with van der Waals surface area (Å²) in [5.74, 6) is -0.842. The maximum Gasteiger partial charge on any atom is 0.240 e. The van der Waals surface area contributed by atoms with Crippen LogP contribution in [0.3, 0.4) is 0 Å². The van der Waals surface area contributed by atoms with Crippen molar-refractivity contribution in [2.45, 2.75) is 17.2 Å². The van der Waals surface area contributed by atoms with Crippen molar-refractivity contribution in [1.29, 1.82) is 0 Å². The monoisotopic (exact) mass is 372 g/mol. The number of hydrogen-bond acceptors (Lipinski definition) is 4. The molecule has 24 heavy (non-hydrogen) atoms. The third kappa shape index (κ3) is 5.10. The molecule has 0 heterocycles. The average molecular weight is 372 g/mol. The molecule has 0 saturated carbocycles. The summed E-state index contributed by atoms with van der Waals surface area (Å²) in [6.07, 6.45) is 0. The molecular formula is C15H17FN2O4S2. The van der Waals surface area contributed by atoms with Gasteiger partial charge in [0.15, 0.2) is 0 Å². The zero-order valence-electron chi connectivity index (χ0n) is 12.9. The van der Waals surface area contributed by atoms with Crippen LogP contribution in [-0.4, -0.2) is 23.9 Å². The fourth-order valence-corrected chi connectivity index (χ4v) is 3.83. The van der Waals surface area contributed by atoms with Gasteiger partial charge in [0.05, 0.1) is 10.6 Å². The third-order valence-corrected chi connectivity index (χ3v) is 5.97. The Morgan fingerprint density at radius 2 is 1.62 bits per heavy atom. The summed E-state index contributed by atoms with van der Waals surface area (Å²) in [6.45, 7) is -0.0354. The van der Waals surface area contributed by atoms with Gasteiger partial charge in [-0.25, -0.2) is 30.7 Å². The van der Waals surface area contributed by atoms with Gasteiger partial charge in [-0.05, 0) is 36.4 Å². The molecule has 2 aromatic rings. The SMILES string of the molecule is CNS(=O)(=O)Cc1cccc(CNS(=O)(=O)c2cccc(F)c2)c1. The lowest BCUT2D eigenvalue weighted by Crippen LogP contribution is -2.23. The molecule has 6 nitrogen and oxygen atoms in total. The summed E-state index contributed by atoms with van der Waals surface area (Å²) in [6, 6.07) is 11.2. The third-order valence-electron chi connectivity index (χ3n) is 3.23. The van der Waals surface area contributed by atoms with Gasteiger partial charge in [-0.1, -0.05) is 30.3 Å². The summed E-state index contributed by atoms with van der Waals surface area (Å²) in [5, 5.41) is 0. The van der Waals surface area contributed by atoms with Crippen molar-refractivity contribution < 1.29 is 21.2 Å². The van der Waals surface area contributed by atoms with Gasteiger partial charge in [-0.15, -0.1) is 0 Å². The Balaban J connectivity index is 2.12. The summed E-state index contributed by atoms with van der Waals surface area (Å²) in [5.41, 5.74) is 1.13. The van der Waals surface area contributed by atoms with E-state index in [2.05, 4.69) is 9.44 Å². The van der Waals surface area contributed by atoms with Crippen LogP contribution >= 0.6 is 0 Å². The van der Waals surface area contributed by atoms with Crippen molar-refractivity contribution in [3.05, 3.63) is 65.5 Å². The van der Waals surface area contributed by atoms with Crippen LogP contribution in [0.25, 0.3) is 0 Å². The van der Waals surface area contributed by atoms with Gasteiger partial charge in [0.25, 0.3) is 0 Å². The molecule has 130 valence electrons. The first-order valence-electron chi connectivity index (χ1n) is 6.96. The molecule has 2 N–H and O–H groups in total. The molecule has 0 aromatic heterocycles. The Morgan fingerprint density at radius 3 is 2.29 bits per heavy atom. The minimum atomic E-state index is -3.85. The quantitative estimate of drug-likeness (QED) is 0.767. The summed E-state index contributed by atoms with van der Waals surface area (Å²) < 4.78 is 65.1. The van der Waals surface area contributed by atoms with E-state index in [1.807, 2.05) is 0 Å². The molecule has 0 radical (unpaired) electrons. The molecule has 0 atom stereocenters. The number of benzene rings is 2. The summed E-state index contributed by atoms with van der Waals surface area (Å²) in [7, 11) is -5.94. The first kappa shape index (κ1) is 18.5. The Morgan fingerprint density at radius 1 is 0.958 bits per heavy atom. The molecule has 9 heteroatoms. The van der Waals surface area contributed by atoms with Gasteiger partial charge in [-0.2, -0.15) is 0 Å². The molecule has 0 aliphatic heterocycles.